The third kappa shape index (κ3) is 4.60. The van der Waals surface area contributed by atoms with Crippen LogP contribution >= 0.6 is 0 Å². The first-order valence-electron chi connectivity index (χ1n) is 6.38. The monoisotopic (exact) mass is 298 g/mol. The molecule has 0 fully saturated rings. The highest BCUT2D eigenvalue weighted by Gasteiger charge is 2.19. The van der Waals surface area contributed by atoms with E-state index in [-0.39, 0.29) is 23.9 Å². The molecule has 0 aliphatic rings. The van der Waals surface area contributed by atoms with Gasteiger partial charge in [0.05, 0.1) is 6.54 Å². The molecule has 3 N–H and O–H groups in total. The maximum absolute atomic E-state index is 13.9. The molecule has 1 aromatic rings. The first kappa shape index (κ1) is 16.6. The van der Waals surface area contributed by atoms with E-state index < -0.39 is 15.8 Å². The molecule has 0 aromatic heterocycles. The Hall–Kier alpha value is -1.42. The lowest BCUT2D eigenvalue weighted by Crippen LogP contribution is -2.29. The van der Waals surface area contributed by atoms with Gasteiger partial charge in [0.2, 0.25) is 10.0 Å². The second-order valence-corrected chi connectivity index (χ2v) is 6.25. The van der Waals surface area contributed by atoms with Crippen LogP contribution in [0.25, 0.3) is 0 Å². The quantitative estimate of drug-likeness (QED) is 0.808. The number of nitrogens with one attached hydrogen (secondary N) is 1. The van der Waals surface area contributed by atoms with Crippen molar-refractivity contribution in [2.75, 3.05) is 13.1 Å². The van der Waals surface area contributed by atoms with Crippen molar-refractivity contribution >= 4 is 10.0 Å². The molecule has 0 spiro atoms. The molecule has 20 heavy (non-hydrogen) atoms. The molecule has 0 amide bonds. The summed E-state index contributed by atoms with van der Waals surface area (Å²) < 4.78 is 40.2. The highest BCUT2D eigenvalue weighted by Crippen LogP contribution is 2.16. The van der Waals surface area contributed by atoms with Crippen LogP contribution in [-0.2, 0) is 10.0 Å². The first-order chi connectivity index (χ1) is 9.40. The molecule has 0 saturated heterocycles. The Labute approximate surface area is 119 Å². The zero-order chi connectivity index (χ0) is 15.2. The number of rotatable bonds is 5. The lowest BCUT2D eigenvalue weighted by atomic mass is 10.1. The fourth-order valence-electron chi connectivity index (χ4n) is 1.42. The number of hydrogen-bond donors (Lipinski definition) is 2. The minimum Gasteiger partial charge on any atom is -0.320 e. The van der Waals surface area contributed by atoms with Crippen LogP contribution in [0.3, 0.4) is 0 Å². The number of halogens is 1. The average Bonchev–Trinajstić information content (AvgIpc) is 2.42. The van der Waals surface area contributed by atoms with Gasteiger partial charge in [-0.3, -0.25) is 0 Å². The second-order valence-electron chi connectivity index (χ2n) is 4.52. The molecule has 0 aliphatic carbocycles. The van der Waals surface area contributed by atoms with Crippen molar-refractivity contribution in [2.24, 2.45) is 11.7 Å². The van der Waals surface area contributed by atoms with Crippen LogP contribution in [0.4, 0.5) is 4.39 Å². The number of hydrogen-bond acceptors (Lipinski definition) is 3. The molecule has 1 unspecified atom stereocenters. The second kappa shape index (κ2) is 7.39. The summed E-state index contributed by atoms with van der Waals surface area (Å²) in [6.07, 6.45) is 0.846. The molecular weight excluding hydrogens is 279 g/mol. The van der Waals surface area contributed by atoms with E-state index in [2.05, 4.69) is 16.6 Å². The van der Waals surface area contributed by atoms with Crippen molar-refractivity contribution in [2.45, 2.75) is 25.2 Å². The van der Waals surface area contributed by atoms with E-state index in [0.29, 0.717) is 5.56 Å². The molecule has 0 heterocycles. The van der Waals surface area contributed by atoms with E-state index in [1.807, 2.05) is 13.8 Å². The Morgan fingerprint density at radius 2 is 2.15 bits per heavy atom. The maximum atomic E-state index is 13.9. The van der Waals surface area contributed by atoms with Crippen molar-refractivity contribution in [3.63, 3.8) is 0 Å². The predicted octanol–water partition coefficient (Wildman–Crippen LogP) is 1.46. The minimum atomic E-state index is -3.83. The zero-order valence-corrected chi connectivity index (χ0v) is 12.4. The smallest absolute Gasteiger partial charge is 0.243 e. The van der Waals surface area contributed by atoms with E-state index in [1.165, 1.54) is 12.1 Å². The molecular formula is C14H19FN2O2S. The van der Waals surface area contributed by atoms with E-state index in [9.17, 15) is 12.8 Å². The van der Waals surface area contributed by atoms with Crippen molar-refractivity contribution < 1.29 is 12.8 Å². The Morgan fingerprint density at radius 3 is 2.70 bits per heavy atom. The van der Waals surface area contributed by atoms with E-state index in [0.717, 1.165) is 12.5 Å². The third-order valence-electron chi connectivity index (χ3n) is 2.87. The van der Waals surface area contributed by atoms with Crippen LogP contribution in [0.5, 0.6) is 0 Å². The molecule has 0 bridgehead atoms. The topological polar surface area (TPSA) is 72.2 Å². The van der Waals surface area contributed by atoms with Gasteiger partial charge in [-0.1, -0.05) is 32.1 Å². The summed E-state index contributed by atoms with van der Waals surface area (Å²) >= 11 is 0. The molecule has 1 atom stereocenters. The van der Waals surface area contributed by atoms with Gasteiger partial charge in [-0.15, -0.1) is 0 Å². The van der Waals surface area contributed by atoms with Crippen LogP contribution in [0.2, 0.25) is 0 Å². The summed E-state index contributed by atoms with van der Waals surface area (Å²) in [5, 5.41) is 0. The van der Waals surface area contributed by atoms with E-state index in [4.69, 9.17) is 5.73 Å². The molecule has 0 saturated carbocycles. The Kier molecular flexibility index (Phi) is 6.14. The number of nitrogens with two attached hydrogens (primary N) is 1. The summed E-state index contributed by atoms with van der Waals surface area (Å²) in [5.74, 6) is 4.62. The van der Waals surface area contributed by atoms with Crippen LogP contribution in [-0.4, -0.2) is 21.5 Å². The third-order valence-corrected chi connectivity index (χ3v) is 4.33. The average molecular weight is 298 g/mol. The fraction of sp³-hybridized carbons (Fsp3) is 0.429. The minimum absolute atomic E-state index is 0.165. The molecule has 4 nitrogen and oxygen atoms in total. The van der Waals surface area contributed by atoms with Gasteiger partial charge >= 0.3 is 0 Å². The zero-order valence-electron chi connectivity index (χ0n) is 11.6. The van der Waals surface area contributed by atoms with E-state index >= 15 is 0 Å². The Bertz CT molecular complexity index is 618. The molecule has 1 rings (SSSR count). The van der Waals surface area contributed by atoms with Gasteiger partial charge in [-0.05, 0) is 24.1 Å². The van der Waals surface area contributed by atoms with Gasteiger partial charge in [-0.2, -0.15) is 0 Å². The standard InChI is InChI=1S/C14H19FN2O2S/c1-3-11(2)10-17-20(18,19)14-7-6-12(5-4-8-16)9-13(14)15/h6-7,9,11,17H,3,8,10,16H2,1-2H3. The van der Waals surface area contributed by atoms with Crippen LogP contribution < -0.4 is 10.5 Å². The summed E-state index contributed by atoms with van der Waals surface area (Å²) in [5.41, 5.74) is 5.62. The predicted molar refractivity (Wildman–Crippen MR) is 77.0 cm³/mol. The number of sulfonamides is 1. The molecule has 0 aliphatic heterocycles. The highest BCUT2D eigenvalue weighted by atomic mass is 32.2. The molecule has 110 valence electrons. The van der Waals surface area contributed by atoms with Gasteiger partial charge in [0.1, 0.15) is 10.7 Å². The van der Waals surface area contributed by atoms with Gasteiger partial charge in [0, 0.05) is 12.1 Å². The van der Waals surface area contributed by atoms with Crippen LogP contribution in [0, 0.1) is 23.6 Å². The van der Waals surface area contributed by atoms with Crippen LogP contribution in [0.1, 0.15) is 25.8 Å². The fourth-order valence-corrected chi connectivity index (χ4v) is 2.65. The van der Waals surface area contributed by atoms with Crippen molar-refractivity contribution in [3.8, 4) is 11.8 Å². The van der Waals surface area contributed by atoms with Gasteiger partial charge < -0.3 is 5.73 Å². The summed E-state index contributed by atoms with van der Waals surface area (Å²) in [4.78, 5) is -0.362. The summed E-state index contributed by atoms with van der Waals surface area (Å²) in [7, 11) is -3.83. The van der Waals surface area contributed by atoms with Crippen molar-refractivity contribution in [1.29, 1.82) is 0 Å². The summed E-state index contributed by atoms with van der Waals surface area (Å²) in [6, 6.07) is 3.78. The molecule has 1 aromatic carbocycles. The normalized spacial score (nSPS) is 12.6. The SMILES string of the molecule is CCC(C)CNS(=O)(=O)c1ccc(C#CCN)cc1F. The Morgan fingerprint density at radius 1 is 1.45 bits per heavy atom. The number of benzene rings is 1. The van der Waals surface area contributed by atoms with Crippen LogP contribution in [0.15, 0.2) is 23.1 Å². The maximum Gasteiger partial charge on any atom is 0.243 e. The Balaban J connectivity index is 2.96. The van der Waals surface area contributed by atoms with Gasteiger partial charge in [-0.25, -0.2) is 17.5 Å². The van der Waals surface area contributed by atoms with Crippen molar-refractivity contribution in [1.82, 2.24) is 4.72 Å². The van der Waals surface area contributed by atoms with Crippen molar-refractivity contribution in [3.05, 3.63) is 29.6 Å². The first-order valence-corrected chi connectivity index (χ1v) is 7.87. The molecule has 6 heteroatoms. The highest BCUT2D eigenvalue weighted by molar-refractivity contribution is 7.89. The largest absolute Gasteiger partial charge is 0.320 e. The van der Waals surface area contributed by atoms with E-state index in [1.54, 1.807) is 0 Å². The van der Waals surface area contributed by atoms with Gasteiger partial charge in [0.15, 0.2) is 0 Å². The van der Waals surface area contributed by atoms with Gasteiger partial charge in [0.25, 0.3) is 0 Å². The molecule has 0 radical (unpaired) electrons. The lowest BCUT2D eigenvalue weighted by molar-refractivity contribution is 0.521. The summed E-state index contributed by atoms with van der Waals surface area (Å²) in [6.45, 7) is 4.33. The lowest BCUT2D eigenvalue weighted by Gasteiger charge is -2.11.